The molecule has 3 N–H and O–H groups in total. The summed E-state index contributed by atoms with van der Waals surface area (Å²) in [6.07, 6.45) is 0. The van der Waals surface area contributed by atoms with Crippen molar-refractivity contribution in [2.24, 2.45) is 0 Å². The molecule has 0 aliphatic rings. The quantitative estimate of drug-likeness (QED) is 0.500. The average molecular weight is 383 g/mol. The van der Waals surface area contributed by atoms with Gasteiger partial charge in [0.2, 0.25) is 0 Å². The van der Waals surface area contributed by atoms with Crippen LogP contribution in [0.1, 0.15) is 10.4 Å². The van der Waals surface area contributed by atoms with Crippen LogP contribution in [0.4, 0.5) is 10.8 Å². The van der Waals surface area contributed by atoms with Crippen molar-refractivity contribution in [1.82, 2.24) is 4.98 Å². The number of nitrogen functional groups attached to an aromatic ring is 1. The molecule has 0 aliphatic carbocycles. The summed E-state index contributed by atoms with van der Waals surface area (Å²) in [5.41, 5.74) is 8.02. The second-order valence-electron chi connectivity index (χ2n) is 5.52. The van der Waals surface area contributed by atoms with Gasteiger partial charge in [0, 0.05) is 16.6 Å². The number of nitrogens with zero attached hydrogens (tertiary/aromatic N) is 1. The number of anilines is 2. The highest BCUT2D eigenvalue weighted by Gasteiger charge is 2.12. The minimum absolute atomic E-state index is 0.326. The molecule has 0 aliphatic heterocycles. The van der Waals surface area contributed by atoms with E-state index in [-0.39, 0.29) is 0 Å². The lowest BCUT2D eigenvalue weighted by Crippen LogP contribution is -2.20. The van der Waals surface area contributed by atoms with Crippen molar-refractivity contribution < 1.29 is 19.1 Å². The number of hydrogen-bond acceptors (Lipinski definition) is 7. The number of methoxy groups -OCH3 is 1. The van der Waals surface area contributed by atoms with Gasteiger partial charge in [-0.1, -0.05) is 12.1 Å². The lowest BCUT2D eigenvalue weighted by atomic mass is 10.2. The number of aromatic nitrogens is 1. The van der Waals surface area contributed by atoms with E-state index in [1.165, 1.54) is 23.5 Å². The first kappa shape index (κ1) is 18.4. The fourth-order valence-corrected chi connectivity index (χ4v) is 2.97. The first-order valence-electron chi connectivity index (χ1n) is 7.97. The van der Waals surface area contributed by atoms with Gasteiger partial charge in [0.15, 0.2) is 11.7 Å². The first-order valence-corrected chi connectivity index (χ1v) is 8.85. The zero-order valence-corrected chi connectivity index (χ0v) is 15.3. The predicted molar refractivity (Wildman–Crippen MR) is 104 cm³/mol. The van der Waals surface area contributed by atoms with Crippen molar-refractivity contribution in [3.63, 3.8) is 0 Å². The molecule has 8 heteroatoms. The number of nitrogens with two attached hydrogens (primary N) is 1. The molecule has 3 aromatic rings. The van der Waals surface area contributed by atoms with Gasteiger partial charge in [-0.05, 0) is 36.4 Å². The van der Waals surface area contributed by atoms with Gasteiger partial charge in [-0.25, -0.2) is 9.78 Å². The van der Waals surface area contributed by atoms with Crippen LogP contribution < -0.4 is 15.8 Å². The van der Waals surface area contributed by atoms with Crippen LogP contribution in [-0.4, -0.2) is 30.6 Å². The number of hydrogen-bond donors (Lipinski definition) is 2. The second-order valence-corrected chi connectivity index (χ2v) is 6.37. The minimum atomic E-state index is -0.596. The maximum Gasteiger partial charge on any atom is 0.338 e. The highest BCUT2D eigenvalue weighted by molar-refractivity contribution is 7.14. The van der Waals surface area contributed by atoms with E-state index in [1.54, 1.807) is 19.2 Å². The Morgan fingerprint density at radius 1 is 1.19 bits per heavy atom. The van der Waals surface area contributed by atoms with E-state index in [2.05, 4.69) is 10.3 Å². The summed E-state index contributed by atoms with van der Waals surface area (Å²) in [7, 11) is 1.59. The highest BCUT2D eigenvalue weighted by atomic mass is 32.1. The van der Waals surface area contributed by atoms with Crippen LogP contribution >= 0.6 is 11.3 Å². The molecule has 1 aromatic heterocycles. The summed E-state index contributed by atoms with van der Waals surface area (Å²) in [5.74, 6) is -0.340. The van der Waals surface area contributed by atoms with Gasteiger partial charge in [-0.15, -0.1) is 11.3 Å². The summed E-state index contributed by atoms with van der Waals surface area (Å²) < 4.78 is 10.2. The van der Waals surface area contributed by atoms with Crippen molar-refractivity contribution in [3.8, 4) is 17.0 Å². The summed E-state index contributed by atoms with van der Waals surface area (Å²) >= 11 is 1.28. The SMILES string of the molecule is COc1cccc(-c2csc(NC(=O)COC(=O)c3ccc(N)cc3)n2)c1. The van der Waals surface area contributed by atoms with E-state index in [0.717, 1.165) is 11.3 Å². The zero-order chi connectivity index (χ0) is 19.2. The Hall–Kier alpha value is -3.39. The third kappa shape index (κ3) is 4.83. The second kappa shape index (κ2) is 8.33. The third-order valence-corrected chi connectivity index (χ3v) is 4.35. The summed E-state index contributed by atoms with van der Waals surface area (Å²) in [4.78, 5) is 28.2. The maximum atomic E-state index is 12.0. The van der Waals surface area contributed by atoms with Crippen molar-refractivity contribution >= 4 is 34.0 Å². The molecule has 1 heterocycles. The molecular formula is C19H17N3O4S. The number of amides is 1. The molecule has 138 valence electrons. The Labute approximate surface area is 159 Å². The molecule has 0 saturated carbocycles. The molecule has 0 saturated heterocycles. The number of esters is 1. The van der Waals surface area contributed by atoms with Crippen LogP contribution in [-0.2, 0) is 9.53 Å². The van der Waals surface area contributed by atoms with Crippen molar-refractivity contribution in [3.05, 3.63) is 59.5 Å². The van der Waals surface area contributed by atoms with Crippen LogP contribution in [0.2, 0.25) is 0 Å². The Balaban J connectivity index is 1.56. The molecular weight excluding hydrogens is 366 g/mol. The molecule has 0 atom stereocenters. The smallest absolute Gasteiger partial charge is 0.338 e. The van der Waals surface area contributed by atoms with Gasteiger partial charge < -0.3 is 15.2 Å². The van der Waals surface area contributed by atoms with E-state index < -0.39 is 18.5 Å². The molecule has 0 bridgehead atoms. The zero-order valence-electron chi connectivity index (χ0n) is 14.5. The predicted octanol–water partition coefficient (Wildman–Crippen LogP) is 3.20. The van der Waals surface area contributed by atoms with Gasteiger partial charge in [-0.2, -0.15) is 0 Å². The maximum absolute atomic E-state index is 12.0. The van der Waals surface area contributed by atoms with Crippen LogP contribution in [0.25, 0.3) is 11.3 Å². The van der Waals surface area contributed by atoms with Crippen LogP contribution in [0.5, 0.6) is 5.75 Å². The number of benzene rings is 2. The molecule has 0 fully saturated rings. The van der Waals surface area contributed by atoms with Gasteiger partial charge in [0.1, 0.15) is 5.75 Å². The summed E-state index contributed by atoms with van der Waals surface area (Å²) in [5, 5.41) is 4.86. The molecule has 7 nitrogen and oxygen atoms in total. The summed E-state index contributed by atoms with van der Waals surface area (Å²) in [6.45, 7) is -0.405. The van der Waals surface area contributed by atoms with Crippen molar-refractivity contribution in [2.75, 3.05) is 24.8 Å². The van der Waals surface area contributed by atoms with Gasteiger partial charge in [0.25, 0.3) is 5.91 Å². The summed E-state index contributed by atoms with van der Waals surface area (Å²) in [6, 6.07) is 13.7. The van der Waals surface area contributed by atoms with Crippen molar-refractivity contribution in [2.45, 2.75) is 0 Å². The molecule has 27 heavy (non-hydrogen) atoms. The largest absolute Gasteiger partial charge is 0.497 e. The Bertz CT molecular complexity index is 954. The molecule has 0 spiro atoms. The number of ether oxygens (including phenoxy) is 2. The third-order valence-electron chi connectivity index (χ3n) is 3.60. The standard InChI is InChI=1S/C19H17N3O4S/c1-25-15-4-2-3-13(9-15)16-11-27-19(21-16)22-17(23)10-26-18(24)12-5-7-14(20)8-6-12/h2-9,11H,10,20H2,1H3,(H,21,22,23). The molecule has 2 aromatic carbocycles. The van der Waals surface area contributed by atoms with E-state index in [9.17, 15) is 9.59 Å². The fourth-order valence-electron chi connectivity index (χ4n) is 2.24. The average Bonchev–Trinajstić information content (AvgIpc) is 3.15. The van der Waals surface area contributed by atoms with E-state index >= 15 is 0 Å². The monoisotopic (exact) mass is 383 g/mol. The first-order chi connectivity index (χ1) is 13.0. The number of rotatable bonds is 6. The fraction of sp³-hybridized carbons (Fsp3) is 0.105. The Kier molecular flexibility index (Phi) is 5.68. The topological polar surface area (TPSA) is 104 Å². The van der Waals surface area contributed by atoms with Crippen LogP contribution in [0, 0.1) is 0 Å². The van der Waals surface area contributed by atoms with Gasteiger partial charge in [-0.3, -0.25) is 10.1 Å². The molecule has 1 amide bonds. The normalized spacial score (nSPS) is 10.3. The highest BCUT2D eigenvalue weighted by Crippen LogP contribution is 2.27. The van der Waals surface area contributed by atoms with Gasteiger partial charge in [0.05, 0.1) is 18.4 Å². The molecule has 0 radical (unpaired) electrons. The van der Waals surface area contributed by atoms with E-state index in [4.69, 9.17) is 15.2 Å². The van der Waals surface area contributed by atoms with Crippen LogP contribution in [0.15, 0.2) is 53.9 Å². The molecule has 0 unspecified atom stereocenters. The van der Waals surface area contributed by atoms with E-state index in [0.29, 0.717) is 22.1 Å². The van der Waals surface area contributed by atoms with Crippen LogP contribution in [0.3, 0.4) is 0 Å². The van der Waals surface area contributed by atoms with Gasteiger partial charge >= 0.3 is 5.97 Å². The Morgan fingerprint density at radius 3 is 2.70 bits per heavy atom. The van der Waals surface area contributed by atoms with E-state index in [1.807, 2.05) is 29.6 Å². The lowest BCUT2D eigenvalue weighted by Gasteiger charge is -2.05. The number of nitrogens with one attached hydrogen (secondary N) is 1. The lowest BCUT2D eigenvalue weighted by molar-refractivity contribution is -0.119. The van der Waals surface area contributed by atoms with Crippen molar-refractivity contribution in [1.29, 1.82) is 0 Å². The number of carbonyl (C=O) groups is 2. The molecule has 3 rings (SSSR count). The number of carbonyl (C=O) groups excluding carboxylic acids is 2. The Morgan fingerprint density at radius 2 is 1.96 bits per heavy atom. The minimum Gasteiger partial charge on any atom is -0.497 e. The number of thiazole rings is 1.